The molecule has 0 saturated heterocycles. The molecule has 2 aromatic heterocycles. The fourth-order valence-electron chi connectivity index (χ4n) is 4.08. The Bertz CT molecular complexity index is 1540. The van der Waals surface area contributed by atoms with Gasteiger partial charge in [0.2, 0.25) is 0 Å². The van der Waals surface area contributed by atoms with Gasteiger partial charge in [-0.05, 0) is 12.1 Å². The molecule has 0 bridgehead atoms. The van der Waals surface area contributed by atoms with Crippen molar-refractivity contribution in [2.75, 3.05) is 0 Å². The van der Waals surface area contributed by atoms with Gasteiger partial charge in [0.1, 0.15) is 5.52 Å². The Morgan fingerprint density at radius 2 is 1.00 bits per heavy atom. The Morgan fingerprint density at radius 1 is 0.406 bits per heavy atom. The normalized spacial score (nSPS) is 11.1. The van der Waals surface area contributed by atoms with Crippen molar-refractivity contribution in [3.63, 3.8) is 0 Å². The fraction of sp³-hybridized carbons (Fsp3) is 0. The van der Waals surface area contributed by atoms with Gasteiger partial charge in [-0.25, -0.2) is 15.0 Å². The van der Waals surface area contributed by atoms with Crippen LogP contribution in [0, 0.1) is 0 Å². The molecule has 0 atom stereocenters. The van der Waals surface area contributed by atoms with Gasteiger partial charge in [-0.1, -0.05) is 103 Å². The van der Waals surface area contributed by atoms with E-state index in [1.807, 2.05) is 66.7 Å². The summed E-state index contributed by atoms with van der Waals surface area (Å²) in [6, 6.07) is 39.1. The molecular formula is C29H19N3. The van der Waals surface area contributed by atoms with Crippen molar-refractivity contribution in [2.45, 2.75) is 0 Å². The Labute approximate surface area is 186 Å². The number of hydrogen-bond donors (Lipinski definition) is 0. The van der Waals surface area contributed by atoms with Crippen LogP contribution < -0.4 is 0 Å². The second-order valence-corrected chi connectivity index (χ2v) is 7.72. The molecule has 150 valence electrons. The first-order valence-corrected chi connectivity index (χ1v) is 10.6. The monoisotopic (exact) mass is 409 g/mol. The van der Waals surface area contributed by atoms with E-state index < -0.39 is 0 Å². The predicted molar refractivity (Wildman–Crippen MR) is 131 cm³/mol. The number of rotatable bonds is 3. The van der Waals surface area contributed by atoms with E-state index in [-0.39, 0.29) is 0 Å². The lowest BCUT2D eigenvalue weighted by molar-refractivity contribution is 1.23. The highest BCUT2D eigenvalue weighted by atomic mass is 14.9. The molecule has 0 unspecified atom stereocenters. The van der Waals surface area contributed by atoms with E-state index in [0.29, 0.717) is 5.82 Å². The van der Waals surface area contributed by atoms with E-state index in [9.17, 15) is 0 Å². The average Bonchev–Trinajstić information content (AvgIpc) is 2.89. The van der Waals surface area contributed by atoms with E-state index in [2.05, 4.69) is 48.5 Å². The molecule has 3 nitrogen and oxygen atoms in total. The predicted octanol–water partition coefficient (Wildman–Crippen LogP) is 7.18. The van der Waals surface area contributed by atoms with Gasteiger partial charge in [0, 0.05) is 27.5 Å². The lowest BCUT2D eigenvalue weighted by Gasteiger charge is -2.12. The molecule has 0 fully saturated rings. The van der Waals surface area contributed by atoms with Gasteiger partial charge in [0.05, 0.1) is 16.9 Å². The highest BCUT2D eigenvalue weighted by molar-refractivity contribution is 6.08. The molecule has 2 heterocycles. The van der Waals surface area contributed by atoms with Gasteiger partial charge >= 0.3 is 0 Å². The second-order valence-electron chi connectivity index (χ2n) is 7.72. The summed E-state index contributed by atoms with van der Waals surface area (Å²) in [5.74, 6) is 0.705. The summed E-state index contributed by atoms with van der Waals surface area (Å²) in [6.45, 7) is 0. The van der Waals surface area contributed by atoms with Crippen molar-refractivity contribution in [1.82, 2.24) is 15.0 Å². The minimum absolute atomic E-state index is 0.705. The number of fused-ring (bicyclic) bond motifs is 3. The lowest BCUT2D eigenvalue weighted by Crippen LogP contribution is -1.97. The number of benzene rings is 4. The van der Waals surface area contributed by atoms with E-state index in [1.54, 1.807) is 0 Å². The summed E-state index contributed by atoms with van der Waals surface area (Å²) in [4.78, 5) is 15.1. The van der Waals surface area contributed by atoms with Crippen LogP contribution in [0.1, 0.15) is 0 Å². The lowest BCUT2D eigenvalue weighted by atomic mass is 10.0. The standard InChI is InChI=1S/C29H19N3/c1-4-10-20(11-5-1)25-19-17-22-16-18-24-26(21-12-6-2-7-13-21)31-29(23-14-8-3-9-15-23)32-28(24)27(22)30-25/h1-19H. The molecular weight excluding hydrogens is 390 g/mol. The molecule has 0 N–H and O–H groups in total. The summed E-state index contributed by atoms with van der Waals surface area (Å²) < 4.78 is 0. The smallest absolute Gasteiger partial charge is 0.160 e. The molecule has 0 aliphatic heterocycles. The van der Waals surface area contributed by atoms with Gasteiger partial charge in [-0.3, -0.25) is 0 Å². The fourth-order valence-corrected chi connectivity index (χ4v) is 4.08. The molecule has 32 heavy (non-hydrogen) atoms. The summed E-state index contributed by atoms with van der Waals surface area (Å²) in [5.41, 5.74) is 6.76. The molecule has 0 saturated carbocycles. The molecule has 0 spiro atoms. The maximum absolute atomic E-state index is 5.05. The number of nitrogens with zero attached hydrogens (tertiary/aromatic N) is 3. The van der Waals surface area contributed by atoms with Gasteiger partial charge < -0.3 is 0 Å². The highest BCUT2D eigenvalue weighted by Crippen LogP contribution is 2.33. The molecule has 0 radical (unpaired) electrons. The quantitative estimate of drug-likeness (QED) is 0.291. The second kappa shape index (κ2) is 7.71. The average molecular weight is 409 g/mol. The highest BCUT2D eigenvalue weighted by Gasteiger charge is 2.15. The van der Waals surface area contributed by atoms with E-state index in [4.69, 9.17) is 15.0 Å². The molecule has 6 aromatic rings. The van der Waals surface area contributed by atoms with Crippen LogP contribution in [0.25, 0.3) is 55.7 Å². The zero-order valence-corrected chi connectivity index (χ0v) is 17.3. The van der Waals surface area contributed by atoms with Crippen LogP contribution in [-0.2, 0) is 0 Å². The SMILES string of the molecule is c1ccc(-c2ccc3ccc4c(-c5ccccc5)nc(-c5ccccc5)nc4c3n2)cc1. The van der Waals surface area contributed by atoms with Gasteiger partial charge in [0.25, 0.3) is 0 Å². The minimum atomic E-state index is 0.705. The van der Waals surface area contributed by atoms with Gasteiger partial charge in [-0.2, -0.15) is 0 Å². The molecule has 0 aliphatic carbocycles. The van der Waals surface area contributed by atoms with Crippen molar-refractivity contribution in [1.29, 1.82) is 0 Å². The first kappa shape index (κ1) is 18.4. The molecule has 3 heteroatoms. The maximum Gasteiger partial charge on any atom is 0.160 e. The van der Waals surface area contributed by atoms with Crippen molar-refractivity contribution < 1.29 is 0 Å². The summed E-state index contributed by atoms with van der Waals surface area (Å²) in [7, 11) is 0. The number of aromatic nitrogens is 3. The zero-order chi connectivity index (χ0) is 21.3. The molecule has 0 aliphatic rings. The third-order valence-electron chi connectivity index (χ3n) is 5.67. The molecule has 4 aromatic carbocycles. The van der Waals surface area contributed by atoms with Crippen molar-refractivity contribution in [3.05, 3.63) is 115 Å². The van der Waals surface area contributed by atoms with Crippen LogP contribution in [0.5, 0.6) is 0 Å². The number of pyridine rings is 1. The Balaban J connectivity index is 1.69. The summed E-state index contributed by atoms with van der Waals surface area (Å²) >= 11 is 0. The Morgan fingerprint density at radius 3 is 1.69 bits per heavy atom. The zero-order valence-electron chi connectivity index (χ0n) is 17.3. The Hall–Kier alpha value is -4.37. The topological polar surface area (TPSA) is 38.7 Å². The van der Waals surface area contributed by atoms with Crippen molar-refractivity contribution in [3.8, 4) is 33.9 Å². The largest absolute Gasteiger partial charge is 0.245 e. The van der Waals surface area contributed by atoms with Gasteiger partial charge in [-0.15, -0.1) is 0 Å². The summed E-state index contributed by atoms with van der Waals surface area (Å²) in [5, 5.41) is 2.06. The van der Waals surface area contributed by atoms with Crippen LogP contribution >= 0.6 is 0 Å². The Kier molecular flexibility index (Phi) is 4.43. The van der Waals surface area contributed by atoms with Crippen LogP contribution in [-0.4, -0.2) is 15.0 Å². The summed E-state index contributed by atoms with van der Waals surface area (Å²) in [6.07, 6.45) is 0. The van der Waals surface area contributed by atoms with Crippen molar-refractivity contribution >= 4 is 21.8 Å². The van der Waals surface area contributed by atoms with Gasteiger partial charge in [0.15, 0.2) is 5.82 Å². The molecule has 0 amide bonds. The van der Waals surface area contributed by atoms with E-state index >= 15 is 0 Å². The first-order chi connectivity index (χ1) is 15.9. The van der Waals surface area contributed by atoms with Crippen LogP contribution in [0.4, 0.5) is 0 Å². The maximum atomic E-state index is 5.05. The van der Waals surface area contributed by atoms with Crippen LogP contribution in [0.15, 0.2) is 115 Å². The van der Waals surface area contributed by atoms with Crippen LogP contribution in [0.3, 0.4) is 0 Å². The number of hydrogen-bond acceptors (Lipinski definition) is 3. The van der Waals surface area contributed by atoms with Crippen LogP contribution in [0.2, 0.25) is 0 Å². The van der Waals surface area contributed by atoms with Crippen molar-refractivity contribution in [2.24, 2.45) is 0 Å². The first-order valence-electron chi connectivity index (χ1n) is 10.6. The molecule has 6 rings (SSSR count). The minimum Gasteiger partial charge on any atom is -0.245 e. The van der Waals surface area contributed by atoms with E-state index in [1.165, 1.54) is 0 Å². The third-order valence-corrected chi connectivity index (χ3v) is 5.67. The van der Waals surface area contributed by atoms with E-state index in [0.717, 1.165) is 49.9 Å². The third kappa shape index (κ3) is 3.21.